The molecule has 0 spiro atoms. The molecule has 1 fully saturated rings. The number of aromatic nitrogens is 1. The van der Waals surface area contributed by atoms with Crippen LogP contribution in [0, 0.1) is 5.82 Å². The number of hydrogen-bond donors (Lipinski definition) is 0. The van der Waals surface area contributed by atoms with Gasteiger partial charge < -0.3 is 9.47 Å². The SMILES string of the molecule is COc1ccc(SCCC(=O)N(CC2CCCO2)c2nc3c(F)cccc3s2)cc1. The third-order valence-electron chi connectivity index (χ3n) is 4.94. The van der Waals surface area contributed by atoms with Crippen molar-refractivity contribution in [2.24, 2.45) is 0 Å². The van der Waals surface area contributed by atoms with Crippen LogP contribution in [0.4, 0.5) is 9.52 Å². The molecule has 0 bridgehead atoms. The van der Waals surface area contributed by atoms with E-state index in [1.807, 2.05) is 30.3 Å². The maximum Gasteiger partial charge on any atom is 0.229 e. The number of anilines is 1. The molecule has 1 amide bonds. The smallest absolute Gasteiger partial charge is 0.229 e. The van der Waals surface area contributed by atoms with Crippen molar-refractivity contribution in [1.82, 2.24) is 4.98 Å². The summed E-state index contributed by atoms with van der Waals surface area (Å²) in [4.78, 5) is 20.3. The first kappa shape index (κ1) is 21.1. The fourth-order valence-corrected chi connectivity index (χ4v) is 5.21. The summed E-state index contributed by atoms with van der Waals surface area (Å²) in [7, 11) is 1.64. The van der Waals surface area contributed by atoms with Crippen LogP contribution in [-0.4, -0.2) is 43.0 Å². The number of thioether (sulfide) groups is 1. The van der Waals surface area contributed by atoms with Gasteiger partial charge in [0, 0.05) is 23.7 Å². The lowest BCUT2D eigenvalue weighted by Gasteiger charge is -2.23. The number of ether oxygens (including phenoxy) is 2. The van der Waals surface area contributed by atoms with Crippen LogP contribution in [-0.2, 0) is 9.53 Å². The summed E-state index contributed by atoms with van der Waals surface area (Å²) in [6.45, 7) is 1.17. The van der Waals surface area contributed by atoms with Crippen molar-refractivity contribution in [3.8, 4) is 5.75 Å². The third-order valence-corrected chi connectivity index (χ3v) is 7.00. The largest absolute Gasteiger partial charge is 0.497 e. The van der Waals surface area contributed by atoms with E-state index in [4.69, 9.17) is 9.47 Å². The molecule has 1 aliphatic rings. The predicted octanol–water partition coefficient (Wildman–Crippen LogP) is 5.14. The topological polar surface area (TPSA) is 51.7 Å². The summed E-state index contributed by atoms with van der Waals surface area (Å²) < 4.78 is 25.8. The molecule has 3 aromatic rings. The van der Waals surface area contributed by atoms with Gasteiger partial charge in [-0.1, -0.05) is 17.4 Å². The third kappa shape index (κ3) is 4.94. The standard InChI is InChI=1S/C22H23FN2O3S2/c1-27-15-7-9-17(10-8-15)29-13-11-20(26)25(14-16-4-3-12-28-16)22-24-21-18(23)5-2-6-19(21)30-22/h2,5-10,16H,3-4,11-14H2,1H3. The number of methoxy groups -OCH3 is 1. The summed E-state index contributed by atoms with van der Waals surface area (Å²) >= 11 is 2.96. The van der Waals surface area contributed by atoms with Gasteiger partial charge in [-0.2, -0.15) is 0 Å². The minimum absolute atomic E-state index is 0.0000467. The maximum atomic E-state index is 14.1. The van der Waals surface area contributed by atoms with Crippen LogP contribution in [0.25, 0.3) is 10.2 Å². The van der Waals surface area contributed by atoms with Gasteiger partial charge in [0.1, 0.15) is 17.1 Å². The molecule has 0 N–H and O–H groups in total. The van der Waals surface area contributed by atoms with E-state index < -0.39 is 0 Å². The Morgan fingerprint density at radius 1 is 1.33 bits per heavy atom. The average molecular weight is 447 g/mol. The quantitative estimate of drug-likeness (QED) is 0.449. The lowest BCUT2D eigenvalue weighted by Crippen LogP contribution is -2.37. The van der Waals surface area contributed by atoms with Gasteiger partial charge in [0.25, 0.3) is 0 Å². The van der Waals surface area contributed by atoms with Gasteiger partial charge in [-0.05, 0) is 49.2 Å². The van der Waals surface area contributed by atoms with Gasteiger partial charge in [0.05, 0.1) is 24.5 Å². The van der Waals surface area contributed by atoms with E-state index in [0.717, 1.165) is 28.2 Å². The number of hydrogen-bond acceptors (Lipinski definition) is 6. The van der Waals surface area contributed by atoms with E-state index in [9.17, 15) is 9.18 Å². The van der Waals surface area contributed by atoms with Crippen molar-refractivity contribution in [1.29, 1.82) is 0 Å². The molecule has 0 radical (unpaired) electrons. The second-order valence-corrected chi connectivity index (χ2v) is 9.17. The molecule has 1 unspecified atom stereocenters. The van der Waals surface area contributed by atoms with Crippen LogP contribution in [0.5, 0.6) is 5.75 Å². The lowest BCUT2D eigenvalue weighted by molar-refractivity contribution is -0.118. The Morgan fingerprint density at radius 3 is 2.87 bits per heavy atom. The van der Waals surface area contributed by atoms with Crippen molar-refractivity contribution in [3.63, 3.8) is 0 Å². The number of fused-ring (bicyclic) bond motifs is 1. The van der Waals surface area contributed by atoms with Crippen LogP contribution in [0.3, 0.4) is 0 Å². The van der Waals surface area contributed by atoms with Crippen molar-refractivity contribution < 1.29 is 18.7 Å². The van der Waals surface area contributed by atoms with E-state index in [1.165, 1.54) is 17.4 Å². The van der Waals surface area contributed by atoms with Crippen LogP contribution < -0.4 is 9.64 Å². The molecule has 0 aliphatic carbocycles. The number of benzene rings is 2. The van der Waals surface area contributed by atoms with Crippen LogP contribution in [0.15, 0.2) is 47.4 Å². The second-order valence-electron chi connectivity index (χ2n) is 7.00. The Balaban J connectivity index is 1.46. The molecule has 2 aromatic carbocycles. The molecule has 1 aromatic heterocycles. The number of carbonyl (C=O) groups is 1. The summed E-state index contributed by atoms with van der Waals surface area (Å²) in [5.41, 5.74) is 0.315. The maximum absolute atomic E-state index is 14.1. The number of thiazole rings is 1. The number of halogens is 1. The van der Waals surface area contributed by atoms with Gasteiger partial charge in [0.15, 0.2) is 5.13 Å². The van der Waals surface area contributed by atoms with Crippen molar-refractivity contribution in [2.45, 2.75) is 30.3 Å². The van der Waals surface area contributed by atoms with E-state index in [2.05, 4.69) is 4.98 Å². The highest BCUT2D eigenvalue weighted by Crippen LogP contribution is 2.32. The Hall–Kier alpha value is -2.16. The zero-order valence-electron chi connectivity index (χ0n) is 16.7. The molecule has 5 nitrogen and oxygen atoms in total. The van der Waals surface area contributed by atoms with E-state index in [-0.39, 0.29) is 17.8 Å². The highest BCUT2D eigenvalue weighted by atomic mass is 32.2. The molecule has 1 atom stereocenters. The average Bonchev–Trinajstić information content (AvgIpc) is 3.43. The minimum atomic E-state index is -0.366. The Kier molecular flexibility index (Phi) is 6.86. The van der Waals surface area contributed by atoms with Crippen LogP contribution in [0.2, 0.25) is 0 Å². The van der Waals surface area contributed by atoms with E-state index in [1.54, 1.807) is 29.8 Å². The first-order valence-electron chi connectivity index (χ1n) is 9.88. The summed E-state index contributed by atoms with van der Waals surface area (Å²) in [5, 5.41) is 0.532. The van der Waals surface area contributed by atoms with E-state index in [0.29, 0.717) is 36.0 Å². The lowest BCUT2D eigenvalue weighted by atomic mass is 10.2. The van der Waals surface area contributed by atoms with Gasteiger partial charge in [-0.25, -0.2) is 9.37 Å². The molecular weight excluding hydrogens is 423 g/mol. The van der Waals surface area contributed by atoms with Crippen LogP contribution >= 0.6 is 23.1 Å². The van der Waals surface area contributed by atoms with Crippen molar-refractivity contribution >= 4 is 44.4 Å². The molecule has 0 saturated carbocycles. The Bertz CT molecular complexity index is 1000. The van der Waals surface area contributed by atoms with E-state index >= 15 is 0 Å². The summed E-state index contributed by atoms with van der Waals surface area (Å²) in [6.07, 6.45) is 2.28. The highest BCUT2D eigenvalue weighted by molar-refractivity contribution is 7.99. The molecule has 2 heterocycles. The fourth-order valence-electron chi connectivity index (χ4n) is 3.36. The fraction of sp³-hybridized carbons (Fsp3) is 0.364. The number of rotatable bonds is 8. The molecule has 1 saturated heterocycles. The molecule has 8 heteroatoms. The number of para-hydroxylation sites is 1. The van der Waals surface area contributed by atoms with Gasteiger partial charge >= 0.3 is 0 Å². The molecule has 158 valence electrons. The monoisotopic (exact) mass is 446 g/mol. The van der Waals surface area contributed by atoms with Crippen molar-refractivity contribution in [3.05, 3.63) is 48.3 Å². The molecular formula is C22H23FN2O3S2. The first-order valence-corrected chi connectivity index (χ1v) is 11.7. The van der Waals surface area contributed by atoms with Gasteiger partial charge in [0.2, 0.25) is 5.91 Å². The summed E-state index contributed by atoms with van der Waals surface area (Å²) in [5.74, 6) is 1.06. The highest BCUT2D eigenvalue weighted by Gasteiger charge is 2.26. The van der Waals surface area contributed by atoms with Gasteiger partial charge in [-0.15, -0.1) is 11.8 Å². The number of carbonyl (C=O) groups excluding carboxylic acids is 1. The molecule has 4 rings (SSSR count). The number of nitrogens with zero attached hydrogens (tertiary/aromatic N) is 2. The second kappa shape index (κ2) is 9.76. The Labute approximate surface area is 183 Å². The number of amides is 1. The zero-order chi connectivity index (χ0) is 20.9. The minimum Gasteiger partial charge on any atom is -0.497 e. The predicted molar refractivity (Wildman–Crippen MR) is 119 cm³/mol. The van der Waals surface area contributed by atoms with Gasteiger partial charge in [-0.3, -0.25) is 9.69 Å². The molecule has 30 heavy (non-hydrogen) atoms. The first-order chi connectivity index (χ1) is 14.6. The summed E-state index contributed by atoms with van der Waals surface area (Å²) in [6, 6.07) is 12.7. The molecule has 1 aliphatic heterocycles. The van der Waals surface area contributed by atoms with Crippen molar-refractivity contribution in [2.75, 3.05) is 30.9 Å². The normalized spacial score (nSPS) is 16.1. The Morgan fingerprint density at radius 2 is 2.17 bits per heavy atom. The van der Waals surface area contributed by atoms with Crippen LogP contribution in [0.1, 0.15) is 19.3 Å². The zero-order valence-corrected chi connectivity index (χ0v) is 18.3.